The van der Waals surface area contributed by atoms with Crippen molar-refractivity contribution in [2.75, 3.05) is 33.2 Å². The average Bonchev–Trinajstić information content (AvgIpc) is 3.82. The predicted octanol–water partition coefficient (Wildman–Crippen LogP) is -2.58. The summed E-state index contributed by atoms with van der Waals surface area (Å²) in [5, 5.41) is 31.0. The van der Waals surface area contributed by atoms with E-state index in [1.807, 2.05) is 0 Å². The fraction of sp³-hybridized carbons (Fsp3) is 0.745. The highest BCUT2D eigenvalue weighted by Crippen LogP contribution is 2.21. The number of hydrogen-bond acceptors (Lipinski definition) is 13. The molecule has 1 aliphatic rings. The number of nitrogens with one attached hydrogen (secondary N) is 8. The lowest BCUT2D eigenvalue weighted by molar-refractivity contribution is -0.142. The van der Waals surface area contributed by atoms with Crippen molar-refractivity contribution in [2.24, 2.45) is 34.2 Å². The van der Waals surface area contributed by atoms with Crippen LogP contribution < -0.4 is 54.0 Å². The summed E-state index contributed by atoms with van der Waals surface area (Å²) < 4.78 is 0. The summed E-state index contributed by atoms with van der Waals surface area (Å²) in [6.45, 7) is 15.5. The van der Waals surface area contributed by atoms with E-state index >= 15 is 0 Å². The van der Waals surface area contributed by atoms with Gasteiger partial charge in [-0.2, -0.15) is 0 Å². The van der Waals surface area contributed by atoms with Crippen molar-refractivity contribution in [2.45, 2.75) is 175 Å². The molecule has 1 heterocycles. The molecule has 10 amide bonds. The lowest BCUT2D eigenvalue weighted by Gasteiger charge is -2.32. The second kappa shape index (κ2) is 32.2. The van der Waals surface area contributed by atoms with E-state index in [4.69, 9.17) is 11.5 Å². The molecular weight excluding hydrogens is 971 g/mol. The SMILES string of the molecule is CCC[C@H](NC(=O)[C@@H](NC(=O)[C@H](NC(=O)[C@@H](NC(=O)CNC(=O)CN(C)C(C)=O)C(C)C)[C@@H](C)CC)[C@@H](C)O)C(=O)N[C@H](C(=O)N[C@@H](CCCN=C(N)N)C(=O)N1CCC[C@H]1C(=O)N[C@@H](C)C(=O)S)[C@@H](C)CC. The first kappa shape index (κ1) is 65.0. The topological polar surface area (TPSA) is 375 Å². The first-order valence-corrected chi connectivity index (χ1v) is 25.4. The van der Waals surface area contributed by atoms with Crippen LogP contribution in [0.4, 0.5) is 0 Å². The first-order chi connectivity index (χ1) is 34.1. The van der Waals surface area contributed by atoms with Crippen LogP contribution in [-0.2, 0) is 52.7 Å². The second-order valence-corrected chi connectivity index (χ2v) is 19.5. The third-order valence-electron chi connectivity index (χ3n) is 12.6. The van der Waals surface area contributed by atoms with E-state index in [1.165, 1.54) is 32.7 Å². The van der Waals surface area contributed by atoms with Crippen LogP contribution in [0.3, 0.4) is 0 Å². The second-order valence-electron chi connectivity index (χ2n) is 19.0. The maximum Gasteiger partial charge on any atom is 0.245 e. The van der Waals surface area contributed by atoms with E-state index in [9.17, 15) is 57.8 Å². The molecule has 0 aromatic rings. The Morgan fingerprint density at radius 3 is 1.73 bits per heavy atom. The third-order valence-corrected chi connectivity index (χ3v) is 13.0. The van der Waals surface area contributed by atoms with Crippen LogP contribution in [0.2, 0.25) is 0 Å². The Kier molecular flexibility index (Phi) is 28.7. The van der Waals surface area contributed by atoms with Crippen LogP contribution in [0.5, 0.6) is 0 Å². The number of aliphatic hydroxyl groups is 1. The number of aliphatic hydroxyl groups excluding tert-OH is 1. The Bertz CT molecular complexity index is 1970. The molecule has 13 N–H and O–H groups in total. The van der Waals surface area contributed by atoms with Gasteiger partial charge in [-0.15, -0.1) is 12.6 Å². The molecule has 0 aromatic carbocycles. The minimum atomic E-state index is -1.65. The Morgan fingerprint density at radius 2 is 1.22 bits per heavy atom. The summed E-state index contributed by atoms with van der Waals surface area (Å²) in [5.74, 6) is -8.59. The molecule has 1 aliphatic heterocycles. The van der Waals surface area contributed by atoms with Crippen LogP contribution in [0.1, 0.15) is 121 Å². The lowest BCUT2D eigenvalue weighted by atomic mass is 9.95. The Hall–Kier alpha value is -6.05. The fourth-order valence-electron chi connectivity index (χ4n) is 7.59. The molecule has 25 nitrogen and oxygen atoms in total. The van der Waals surface area contributed by atoms with Gasteiger partial charge in [0.05, 0.1) is 25.2 Å². The van der Waals surface area contributed by atoms with E-state index in [0.29, 0.717) is 32.1 Å². The molecule has 1 fully saturated rings. The molecule has 0 aliphatic carbocycles. The van der Waals surface area contributed by atoms with Crippen LogP contribution in [0.25, 0.3) is 0 Å². The maximum absolute atomic E-state index is 14.2. The zero-order valence-electron chi connectivity index (χ0n) is 44.3. The van der Waals surface area contributed by atoms with Gasteiger partial charge in [-0.25, -0.2) is 0 Å². The number of aliphatic imine (C=N–C) groups is 1. The molecule has 0 aromatic heterocycles. The summed E-state index contributed by atoms with van der Waals surface area (Å²) in [7, 11) is 1.42. The molecule has 0 spiro atoms. The number of guanidine groups is 1. The lowest BCUT2D eigenvalue weighted by Crippen LogP contribution is -2.63. The van der Waals surface area contributed by atoms with E-state index in [1.54, 1.807) is 48.5 Å². The van der Waals surface area contributed by atoms with E-state index in [2.05, 4.69) is 60.2 Å². The molecule has 0 radical (unpaired) electrons. The van der Waals surface area contributed by atoms with Gasteiger partial charge >= 0.3 is 0 Å². The van der Waals surface area contributed by atoms with Gasteiger partial charge in [0, 0.05) is 27.1 Å². The monoisotopic (exact) mass is 1050 g/mol. The fourth-order valence-corrected chi connectivity index (χ4v) is 7.65. The van der Waals surface area contributed by atoms with E-state index in [-0.39, 0.29) is 50.8 Å². The van der Waals surface area contributed by atoms with Gasteiger partial charge in [-0.3, -0.25) is 57.7 Å². The molecule has 414 valence electrons. The van der Waals surface area contributed by atoms with E-state index in [0.717, 1.165) is 4.90 Å². The van der Waals surface area contributed by atoms with Crippen molar-refractivity contribution in [3.8, 4) is 0 Å². The maximum atomic E-state index is 14.2. The van der Waals surface area contributed by atoms with Crippen LogP contribution >= 0.6 is 12.6 Å². The Labute approximate surface area is 434 Å². The largest absolute Gasteiger partial charge is 0.391 e. The number of carbonyl (C=O) groups is 11. The van der Waals surface area contributed by atoms with Crippen molar-refractivity contribution in [1.29, 1.82) is 0 Å². The van der Waals surface area contributed by atoms with Crippen LogP contribution in [0, 0.1) is 17.8 Å². The summed E-state index contributed by atoms with van der Waals surface area (Å²) in [5.41, 5.74) is 11.0. The van der Waals surface area contributed by atoms with Gasteiger partial charge in [-0.1, -0.05) is 67.7 Å². The normalized spacial score (nSPS) is 17.3. The number of rotatable bonds is 31. The summed E-state index contributed by atoms with van der Waals surface area (Å²) >= 11 is 3.78. The average molecular weight is 1050 g/mol. The summed E-state index contributed by atoms with van der Waals surface area (Å²) in [6.07, 6.45) is 0.712. The van der Waals surface area contributed by atoms with Crippen molar-refractivity contribution >= 4 is 82.8 Å². The number of nitrogens with two attached hydrogens (primary N) is 2. The molecule has 1 rings (SSSR count). The number of carbonyl (C=O) groups excluding carboxylic acids is 11. The smallest absolute Gasteiger partial charge is 0.245 e. The molecule has 0 saturated carbocycles. The van der Waals surface area contributed by atoms with Crippen LogP contribution in [0.15, 0.2) is 4.99 Å². The van der Waals surface area contributed by atoms with Gasteiger partial charge in [0.25, 0.3) is 0 Å². The number of hydrogen-bond donors (Lipinski definition) is 12. The van der Waals surface area contributed by atoms with Crippen molar-refractivity contribution in [3.63, 3.8) is 0 Å². The molecule has 73 heavy (non-hydrogen) atoms. The zero-order valence-corrected chi connectivity index (χ0v) is 45.2. The predicted molar refractivity (Wildman–Crippen MR) is 274 cm³/mol. The minimum Gasteiger partial charge on any atom is -0.391 e. The molecular formula is C47H83N13O12S. The number of nitrogens with zero attached hydrogens (tertiary/aromatic N) is 3. The third kappa shape index (κ3) is 21.9. The van der Waals surface area contributed by atoms with Crippen molar-refractivity contribution < 1.29 is 57.8 Å². The van der Waals surface area contributed by atoms with Gasteiger partial charge < -0.3 is 68.9 Å². The quantitative estimate of drug-likeness (QED) is 0.0147. The number of likely N-dealkylation sites (N-methyl/N-ethyl adjacent to an activating group) is 1. The first-order valence-electron chi connectivity index (χ1n) is 25.0. The molecule has 0 unspecified atom stereocenters. The molecule has 0 bridgehead atoms. The van der Waals surface area contributed by atoms with Crippen molar-refractivity contribution in [3.05, 3.63) is 0 Å². The highest BCUT2D eigenvalue weighted by Gasteiger charge is 2.41. The zero-order chi connectivity index (χ0) is 55.9. The number of likely N-dealkylation sites (tertiary alicyclic amines) is 1. The highest BCUT2D eigenvalue weighted by molar-refractivity contribution is 7.96. The van der Waals surface area contributed by atoms with Gasteiger partial charge in [-0.05, 0) is 63.7 Å². The van der Waals surface area contributed by atoms with Crippen molar-refractivity contribution in [1.82, 2.24) is 52.3 Å². The minimum absolute atomic E-state index is 0.0420. The van der Waals surface area contributed by atoms with Gasteiger partial charge in [0.2, 0.25) is 64.2 Å². The van der Waals surface area contributed by atoms with E-state index < -0.39 is 137 Å². The molecule has 11 atom stereocenters. The standard InChI is InChI=1S/C47H83N13O12S/c1-12-17-30(39(65)56-36(25(6)13-2)42(68)54-31(18-15-20-50-47(48)49)45(71)60-21-16-19-32(60)40(66)52-27(8)46(72)73)53-44(70)38(28(9)61)58-43(69)37(26(7)14-3)57-41(67)35(24(4)5)55-33(63)22-51-34(64)23-59(11)29(10)62/h24-28,30-32,35-38,61H,12-23H2,1-11H3,(H,51,64)(H,52,66)(H,53,70)(H,54,68)(H,55,63)(H,56,65)(H,57,67)(H,58,69)(H,72,73)(H4,48,49,50)/t25-,26-,27-,28+,30-,31-,32-,35-,36-,37+,38-/m0/s1. The van der Waals surface area contributed by atoms with Gasteiger partial charge in [0.1, 0.15) is 42.3 Å². The van der Waals surface area contributed by atoms with Crippen LogP contribution in [-0.4, -0.2) is 173 Å². The Balaban J connectivity index is 3.34. The Morgan fingerprint density at radius 1 is 0.699 bits per heavy atom. The number of amides is 10. The number of thiol groups is 1. The highest BCUT2D eigenvalue weighted by atomic mass is 32.1. The van der Waals surface area contributed by atoms with Gasteiger partial charge in [0.15, 0.2) is 5.96 Å². The molecule has 26 heteroatoms. The summed E-state index contributed by atoms with van der Waals surface area (Å²) in [6, 6.07) is -9.68. The molecule has 1 saturated heterocycles. The summed E-state index contributed by atoms with van der Waals surface area (Å²) in [4.78, 5) is 152.